The van der Waals surface area contributed by atoms with E-state index in [4.69, 9.17) is 21.1 Å². The van der Waals surface area contributed by atoms with Crippen LogP contribution >= 0.6 is 11.6 Å². The minimum absolute atomic E-state index is 0.752. The van der Waals surface area contributed by atoms with Crippen molar-refractivity contribution in [3.63, 3.8) is 0 Å². The highest BCUT2D eigenvalue weighted by atomic mass is 35.5. The van der Waals surface area contributed by atoms with E-state index in [0.717, 1.165) is 62.3 Å². The second-order valence-electron chi connectivity index (χ2n) is 5.15. The number of benzene rings is 1. The van der Waals surface area contributed by atoms with Gasteiger partial charge in [0.1, 0.15) is 5.75 Å². The molecule has 0 atom stereocenters. The van der Waals surface area contributed by atoms with E-state index in [1.54, 1.807) is 7.11 Å². The van der Waals surface area contributed by atoms with Crippen molar-refractivity contribution in [3.05, 3.63) is 28.8 Å². The van der Waals surface area contributed by atoms with Crippen molar-refractivity contribution < 1.29 is 9.47 Å². The van der Waals surface area contributed by atoms with Gasteiger partial charge in [-0.1, -0.05) is 11.6 Å². The zero-order valence-corrected chi connectivity index (χ0v) is 13.0. The fraction of sp³-hybridized carbons (Fsp3) is 0.600. The Morgan fingerprint density at radius 2 is 2.10 bits per heavy atom. The predicted octanol–water partition coefficient (Wildman–Crippen LogP) is 2.11. The first-order valence-corrected chi connectivity index (χ1v) is 7.38. The molecule has 1 fully saturated rings. The molecule has 20 heavy (non-hydrogen) atoms. The van der Waals surface area contributed by atoms with Crippen molar-refractivity contribution in [1.29, 1.82) is 0 Å². The van der Waals surface area contributed by atoms with Crippen LogP contribution in [-0.4, -0.2) is 63.4 Å². The number of nitrogens with zero attached hydrogens (tertiary/aromatic N) is 2. The summed E-state index contributed by atoms with van der Waals surface area (Å²) in [5, 5.41) is 0.752. The first-order chi connectivity index (χ1) is 9.69. The topological polar surface area (TPSA) is 24.9 Å². The lowest BCUT2D eigenvalue weighted by molar-refractivity contribution is 0.0342. The molecule has 0 aromatic heterocycles. The van der Waals surface area contributed by atoms with Gasteiger partial charge in [-0.05, 0) is 25.2 Å². The van der Waals surface area contributed by atoms with E-state index in [-0.39, 0.29) is 0 Å². The largest absolute Gasteiger partial charge is 0.496 e. The van der Waals surface area contributed by atoms with Gasteiger partial charge in [-0.25, -0.2) is 0 Å². The number of likely N-dealkylation sites (N-methyl/N-ethyl adjacent to an activating group) is 1. The van der Waals surface area contributed by atoms with Crippen molar-refractivity contribution in [1.82, 2.24) is 9.80 Å². The van der Waals surface area contributed by atoms with E-state index in [0.29, 0.717) is 0 Å². The van der Waals surface area contributed by atoms with Crippen molar-refractivity contribution >= 4 is 11.6 Å². The van der Waals surface area contributed by atoms with Gasteiger partial charge < -0.3 is 14.4 Å². The summed E-state index contributed by atoms with van der Waals surface area (Å²) in [6.45, 7) is 6.72. The maximum absolute atomic E-state index is 6.06. The molecule has 1 heterocycles. The lowest BCUT2D eigenvalue weighted by atomic mass is 10.2. The van der Waals surface area contributed by atoms with Gasteiger partial charge >= 0.3 is 0 Å². The highest BCUT2D eigenvalue weighted by Gasteiger charge is 2.12. The molecule has 1 aliphatic rings. The van der Waals surface area contributed by atoms with E-state index in [9.17, 15) is 0 Å². The van der Waals surface area contributed by atoms with Gasteiger partial charge in [0.2, 0.25) is 0 Å². The van der Waals surface area contributed by atoms with Gasteiger partial charge in [-0.3, -0.25) is 4.90 Å². The lowest BCUT2D eigenvalue weighted by Crippen LogP contribution is -2.40. The summed E-state index contributed by atoms with van der Waals surface area (Å²) in [4.78, 5) is 4.73. The Morgan fingerprint density at radius 1 is 1.35 bits per heavy atom. The molecule has 112 valence electrons. The minimum atomic E-state index is 0.752. The molecule has 0 bridgehead atoms. The van der Waals surface area contributed by atoms with Crippen molar-refractivity contribution in [3.8, 4) is 5.75 Å². The number of rotatable bonds is 6. The number of ether oxygens (including phenoxy) is 2. The summed E-state index contributed by atoms with van der Waals surface area (Å²) in [6.07, 6.45) is 0. The van der Waals surface area contributed by atoms with Gasteiger partial charge in [0.15, 0.2) is 0 Å². The van der Waals surface area contributed by atoms with Crippen molar-refractivity contribution in [2.75, 3.05) is 53.6 Å². The molecule has 1 saturated heterocycles. The van der Waals surface area contributed by atoms with Gasteiger partial charge in [0.05, 0.1) is 20.3 Å². The second-order valence-corrected chi connectivity index (χ2v) is 5.58. The van der Waals surface area contributed by atoms with Crippen LogP contribution in [0.4, 0.5) is 0 Å². The standard InChI is InChI=1S/C15H23ClN2O2/c1-17(5-6-18-7-9-20-10-8-18)12-13-11-14(16)3-4-15(13)19-2/h3-4,11H,5-10,12H2,1-2H3. The number of hydrogen-bond donors (Lipinski definition) is 0. The molecular formula is C15H23ClN2O2. The molecule has 5 heteroatoms. The number of morpholine rings is 1. The van der Waals surface area contributed by atoms with Crippen LogP contribution in [0.5, 0.6) is 5.75 Å². The molecule has 1 aromatic carbocycles. The van der Waals surface area contributed by atoms with E-state index in [1.165, 1.54) is 0 Å². The average molecular weight is 299 g/mol. The Balaban J connectivity index is 1.84. The monoisotopic (exact) mass is 298 g/mol. The molecule has 0 unspecified atom stereocenters. The molecule has 0 amide bonds. The van der Waals surface area contributed by atoms with Crippen LogP contribution in [0.25, 0.3) is 0 Å². The third-order valence-electron chi connectivity index (χ3n) is 3.58. The molecule has 0 spiro atoms. The summed E-state index contributed by atoms with van der Waals surface area (Å²) in [5.41, 5.74) is 1.13. The second kappa shape index (κ2) is 7.84. The Morgan fingerprint density at radius 3 is 2.80 bits per heavy atom. The third kappa shape index (κ3) is 4.63. The molecular weight excluding hydrogens is 276 g/mol. The lowest BCUT2D eigenvalue weighted by Gasteiger charge is -2.28. The smallest absolute Gasteiger partial charge is 0.123 e. The SMILES string of the molecule is COc1ccc(Cl)cc1CN(C)CCN1CCOCC1. The Kier molecular flexibility index (Phi) is 6.10. The van der Waals surface area contributed by atoms with Crippen molar-refractivity contribution in [2.24, 2.45) is 0 Å². The summed E-state index contributed by atoms with van der Waals surface area (Å²) in [6, 6.07) is 5.76. The zero-order chi connectivity index (χ0) is 14.4. The molecule has 0 N–H and O–H groups in total. The molecule has 1 aliphatic heterocycles. The fourth-order valence-corrected chi connectivity index (χ4v) is 2.57. The van der Waals surface area contributed by atoms with E-state index in [2.05, 4.69) is 16.8 Å². The highest BCUT2D eigenvalue weighted by molar-refractivity contribution is 6.30. The van der Waals surface area contributed by atoms with E-state index >= 15 is 0 Å². The van der Waals surface area contributed by atoms with Gasteiger partial charge in [0.25, 0.3) is 0 Å². The Bertz CT molecular complexity index is 422. The quantitative estimate of drug-likeness (QED) is 0.803. The molecule has 4 nitrogen and oxygen atoms in total. The summed E-state index contributed by atoms with van der Waals surface area (Å²) in [5.74, 6) is 0.896. The van der Waals surface area contributed by atoms with Gasteiger partial charge in [-0.15, -0.1) is 0 Å². The first-order valence-electron chi connectivity index (χ1n) is 7.00. The maximum Gasteiger partial charge on any atom is 0.123 e. The summed E-state index contributed by atoms with van der Waals surface area (Å²) < 4.78 is 10.7. The van der Waals surface area contributed by atoms with Crippen LogP contribution in [0, 0.1) is 0 Å². The van der Waals surface area contributed by atoms with E-state index < -0.39 is 0 Å². The fourth-order valence-electron chi connectivity index (χ4n) is 2.38. The average Bonchev–Trinajstić information content (AvgIpc) is 2.46. The minimum Gasteiger partial charge on any atom is -0.496 e. The summed E-state index contributed by atoms with van der Waals surface area (Å²) in [7, 11) is 3.82. The van der Waals surface area contributed by atoms with Gasteiger partial charge in [-0.2, -0.15) is 0 Å². The molecule has 0 saturated carbocycles. The normalized spacial score (nSPS) is 16.6. The first kappa shape index (κ1) is 15.6. The van der Waals surface area contributed by atoms with Crippen LogP contribution in [0.3, 0.4) is 0 Å². The van der Waals surface area contributed by atoms with E-state index in [1.807, 2.05) is 18.2 Å². The van der Waals surface area contributed by atoms with Crippen LogP contribution in [0.2, 0.25) is 5.02 Å². The zero-order valence-electron chi connectivity index (χ0n) is 12.3. The molecule has 2 rings (SSSR count). The Hall–Kier alpha value is -0.810. The Labute approximate surface area is 126 Å². The van der Waals surface area contributed by atoms with Crippen LogP contribution in [0.15, 0.2) is 18.2 Å². The predicted molar refractivity (Wildman–Crippen MR) is 81.6 cm³/mol. The maximum atomic E-state index is 6.06. The number of hydrogen-bond acceptors (Lipinski definition) is 4. The number of halogens is 1. The van der Waals surface area contributed by atoms with Crippen LogP contribution in [-0.2, 0) is 11.3 Å². The molecule has 0 aliphatic carbocycles. The summed E-state index contributed by atoms with van der Waals surface area (Å²) >= 11 is 6.06. The number of methoxy groups -OCH3 is 1. The van der Waals surface area contributed by atoms with Crippen molar-refractivity contribution in [2.45, 2.75) is 6.54 Å². The van der Waals surface area contributed by atoms with Crippen LogP contribution < -0.4 is 4.74 Å². The van der Waals surface area contributed by atoms with Gasteiger partial charge in [0, 0.05) is 43.3 Å². The third-order valence-corrected chi connectivity index (χ3v) is 3.82. The molecule has 0 radical (unpaired) electrons. The molecule has 1 aromatic rings. The highest BCUT2D eigenvalue weighted by Crippen LogP contribution is 2.23. The van der Waals surface area contributed by atoms with Crippen LogP contribution in [0.1, 0.15) is 5.56 Å².